The van der Waals surface area contributed by atoms with E-state index in [0.29, 0.717) is 24.3 Å². The molecular formula is C13H20N4O3S. The molecule has 2 heterocycles. The van der Waals surface area contributed by atoms with E-state index < -0.39 is 10.0 Å². The molecule has 7 nitrogen and oxygen atoms in total. The number of carbonyl (C=O) groups is 1. The van der Waals surface area contributed by atoms with Gasteiger partial charge in [0.2, 0.25) is 10.0 Å². The molecule has 1 aliphatic heterocycles. The highest BCUT2D eigenvalue weighted by Gasteiger charge is 2.20. The van der Waals surface area contributed by atoms with Crippen molar-refractivity contribution in [1.82, 2.24) is 19.5 Å². The van der Waals surface area contributed by atoms with Crippen LogP contribution in [0.5, 0.6) is 0 Å². The molecule has 1 aliphatic rings. The van der Waals surface area contributed by atoms with E-state index in [1.54, 1.807) is 12.1 Å². The number of piperazine rings is 1. The second-order valence-corrected chi connectivity index (χ2v) is 7.06. The molecule has 1 saturated heterocycles. The number of carbonyl (C=O) groups excluding carboxylic acids is 1. The van der Waals surface area contributed by atoms with Gasteiger partial charge < -0.3 is 9.80 Å². The predicted molar refractivity (Wildman–Crippen MR) is 79.3 cm³/mol. The Bertz CT molecular complexity index is 610. The third-order valence-electron chi connectivity index (χ3n) is 3.37. The van der Waals surface area contributed by atoms with Gasteiger partial charge in [0.1, 0.15) is 0 Å². The van der Waals surface area contributed by atoms with Crippen molar-refractivity contribution in [2.24, 2.45) is 0 Å². The van der Waals surface area contributed by atoms with Crippen LogP contribution in [0.4, 0.5) is 0 Å². The topological polar surface area (TPSA) is 82.6 Å². The Morgan fingerprint density at radius 1 is 1.33 bits per heavy atom. The number of aromatic nitrogens is 1. The first-order chi connectivity index (χ1) is 9.85. The number of sulfonamides is 1. The smallest absolute Gasteiger partial charge is 0.254 e. The summed E-state index contributed by atoms with van der Waals surface area (Å²) in [6.07, 6.45) is 2.62. The van der Waals surface area contributed by atoms with Crippen LogP contribution in [0.15, 0.2) is 18.3 Å². The van der Waals surface area contributed by atoms with Crippen molar-refractivity contribution < 1.29 is 13.2 Å². The minimum atomic E-state index is -3.27. The summed E-state index contributed by atoms with van der Waals surface area (Å²) in [6, 6.07) is 3.30. The predicted octanol–water partition coefficient (Wildman–Crippen LogP) is -0.482. The van der Waals surface area contributed by atoms with Crippen LogP contribution in [0.2, 0.25) is 0 Å². The lowest BCUT2D eigenvalue weighted by Crippen LogP contribution is -2.47. The maximum Gasteiger partial charge on any atom is 0.254 e. The molecule has 21 heavy (non-hydrogen) atoms. The van der Waals surface area contributed by atoms with Crippen molar-refractivity contribution in [1.29, 1.82) is 0 Å². The number of amides is 1. The maximum absolute atomic E-state index is 12.4. The van der Waals surface area contributed by atoms with Crippen LogP contribution in [0.25, 0.3) is 0 Å². The number of hydrogen-bond acceptors (Lipinski definition) is 5. The standard InChI is InChI=1S/C13H20N4O3S/c1-16-5-7-17(8-6-16)13(18)11-3-4-14-12(9-11)10-15-21(2,19)20/h3-4,9,15H,5-8,10H2,1-2H3. The van der Waals surface area contributed by atoms with Gasteiger partial charge in [0.15, 0.2) is 0 Å². The van der Waals surface area contributed by atoms with Gasteiger partial charge in [-0.15, -0.1) is 0 Å². The molecular weight excluding hydrogens is 292 g/mol. The summed E-state index contributed by atoms with van der Waals surface area (Å²) in [7, 11) is -1.24. The number of pyridine rings is 1. The third kappa shape index (κ3) is 4.76. The molecule has 0 atom stereocenters. The van der Waals surface area contributed by atoms with Crippen LogP contribution < -0.4 is 4.72 Å². The van der Waals surface area contributed by atoms with E-state index in [2.05, 4.69) is 14.6 Å². The largest absolute Gasteiger partial charge is 0.336 e. The van der Waals surface area contributed by atoms with Gasteiger partial charge in [-0.1, -0.05) is 0 Å². The number of rotatable bonds is 4. The molecule has 2 rings (SSSR count). The first kappa shape index (κ1) is 15.9. The maximum atomic E-state index is 12.4. The monoisotopic (exact) mass is 312 g/mol. The SMILES string of the molecule is CN1CCN(C(=O)c2ccnc(CNS(C)(=O)=O)c2)CC1. The van der Waals surface area contributed by atoms with Crippen molar-refractivity contribution >= 4 is 15.9 Å². The van der Waals surface area contributed by atoms with Crippen LogP contribution in [0.1, 0.15) is 16.1 Å². The van der Waals surface area contributed by atoms with Gasteiger partial charge in [0.25, 0.3) is 5.91 Å². The Morgan fingerprint density at radius 3 is 2.62 bits per heavy atom. The van der Waals surface area contributed by atoms with Crippen LogP contribution >= 0.6 is 0 Å². The number of nitrogens with one attached hydrogen (secondary N) is 1. The number of nitrogens with zero attached hydrogens (tertiary/aromatic N) is 3. The van der Waals surface area contributed by atoms with E-state index >= 15 is 0 Å². The van der Waals surface area contributed by atoms with Gasteiger partial charge in [0, 0.05) is 37.9 Å². The van der Waals surface area contributed by atoms with Gasteiger partial charge in [-0.2, -0.15) is 0 Å². The highest BCUT2D eigenvalue weighted by molar-refractivity contribution is 7.88. The van der Waals surface area contributed by atoms with Crippen molar-refractivity contribution in [2.75, 3.05) is 39.5 Å². The Morgan fingerprint density at radius 2 is 2.00 bits per heavy atom. The second-order valence-electron chi connectivity index (χ2n) is 5.22. The molecule has 0 saturated carbocycles. The van der Waals surface area contributed by atoms with Crippen LogP contribution in [-0.4, -0.2) is 68.6 Å². The highest BCUT2D eigenvalue weighted by Crippen LogP contribution is 2.09. The van der Waals surface area contributed by atoms with Gasteiger partial charge in [0.05, 0.1) is 18.5 Å². The molecule has 1 fully saturated rings. The first-order valence-electron chi connectivity index (χ1n) is 6.72. The fraction of sp³-hybridized carbons (Fsp3) is 0.538. The van der Waals surface area contributed by atoms with Gasteiger partial charge in [-0.3, -0.25) is 9.78 Å². The average molecular weight is 312 g/mol. The van der Waals surface area contributed by atoms with Crippen molar-refractivity contribution in [3.63, 3.8) is 0 Å². The third-order valence-corrected chi connectivity index (χ3v) is 4.04. The Balaban J connectivity index is 2.04. The molecule has 0 radical (unpaired) electrons. The highest BCUT2D eigenvalue weighted by atomic mass is 32.2. The van der Waals surface area contributed by atoms with E-state index in [0.717, 1.165) is 19.3 Å². The Kier molecular flexibility index (Phi) is 4.92. The summed E-state index contributed by atoms with van der Waals surface area (Å²) >= 11 is 0. The van der Waals surface area contributed by atoms with Crippen molar-refractivity contribution in [2.45, 2.75) is 6.54 Å². The normalized spacial score (nSPS) is 17.0. The molecule has 0 aliphatic carbocycles. The van der Waals surface area contributed by atoms with Gasteiger partial charge in [-0.25, -0.2) is 13.1 Å². The van der Waals surface area contributed by atoms with E-state index in [1.807, 2.05) is 11.9 Å². The van der Waals surface area contributed by atoms with Gasteiger partial charge in [-0.05, 0) is 19.2 Å². The van der Waals surface area contributed by atoms with Crippen LogP contribution in [0.3, 0.4) is 0 Å². The summed E-state index contributed by atoms with van der Waals surface area (Å²) in [5.41, 5.74) is 1.07. The average Bonchev–Trinajstić information content (AvgIpc) is 2.45. The molecule has 8 heteroatoms. The molecule has 0 aromatic carbocycles. The molecule has 1 N–H and O–H groups in total. The Labute approximate surface area is 125 Å². The Hall–Kier alpha value is -1.51. The minimum absolute atomic E-state index is 0.0360. The minimum Gasteiger partial charge on any atom is -0.336 e. The second kappa shape index (κ2) is 6.50. The van der Waals surface area contributed by atoms with E-state index in [4.69, 9.17) is 0 Å². The zero-order chi connectivity index (χ0) is 15.5. The summed E-state index contributed by atoms with van der Waals surface area (Å²) in [4.78, 5) is 20.5. The number of hydrogen-bond donors (Lipinski definition) is 1. The zero-order valence-electron chi connectivity index (χ0n) is 12.2. The summed E-state index contributed by atoms with van der Waals surface area (Å²) in [6.45, 7) is 3.21. The van der Waals surface area contributed by atoms with E-state index in [-0.39, 0.29) is 12.5 Å². The number of likely N-dealkylation sites (N-methyl/N-ethyl adjacent to an activating group) is 1. The molecule has 0 unspecified atom stereocenters. The van der Waals surface area contributed by atoms with E-state index in [9.17, 15) is 13.2 Å². The summed E-state index contributed by atoms with van der Waals surface area (Å²) < 4.78 is 24.5. The van der Waals surface area contributed by atoms with Crippen LogP contribution in [-0.2, 0) is 16.6 Å². The van der Waals surface area contributed by atoms with Crippen molar-refractivity contribution in [3.05, 3.63) is 29.6 Å². The summed E-state index contributed by atoms with van der Waals surface area (Å²) in [5.74, 6) is -0.0360. The zero-order valence-corrected chi connectivity index (χ0v) is 13.1. The molecule has 0 bridgehead atoms. The lowest BCUT2D eigenvalue weighted by atomic mass is 10.2. The van der Waals surface area contributed by atoms with Crippen molar-refractivity contribution in [3.8, 4) is 0 Å². The first-order valence-corrected chi connectivity index (χ1v) is 8.62. The molecule has 1 aromatic rings. The quantitative estimate of drug-likeness (QED) is 0.812. The van der Waals surface area contributed by atoms with E-state index in [1.165, 1.54) is 6.20 Å². The van der Waals surface area contributed by atoms with Gasteiger partial charge >= 0.3 is 0 Å². The lowest BCUT2D eigenvalue weighted by molar-refractivity contribution is 0.0664. The fourth-order valence-electron chi connectivity index (χ4n) is 2.11. The summed E-state index contributed by atoms with van der Waals surface area (Å²) in [5, 5.41) is 0. The molecule has 0 spiro atoms. The lowest BCUT2D eigenvalue weighted by Gasteiger charge is -2.32. The molecule has 1 amide bonds. The fourth-order valence-corrected chi connectivity index (χ4v) is 2.52. The molecule has 1 aromatic heterocycles. The molecule has 116 valence electrons. The van der Waals surface area contributed by atoms with Crippen LogP contribution in [0, 0.1) is 0 Å².